The van der Waals surface area contributed by atoms with Gasteiger partial charge in [0.05, 0.1) is 7.11 Å². The summed E-state index contributed by atoms with van der Waals surface area (Å²) in [6.45, 7) is 6.11. The van der Waals surface area contributed by atoms with E-state index in [1.807, 2.05) is 50.3 Å². The maximum atomic E-state index is 12.1. The maximum Gasteiger partial charge on any atom is 0.339 e. The number of esters is 1. The van der Waals surface area contributed by atoms with E-state index in [9.17, 15) is 4.79 Å². The van der Waals surface area contributed by atoms with Crippen molar-refractivity contribution < 1.29 is 14.3 Å². The van der Waals surface area contributed by atoms with E-state index in [2.05, 4.69) is 18.8 Å². The normalized spacial score (nSPS) is 12.5. The molecule has 0 fully saturated rings. The SMILES string of the molecule is CCCCC#C[C@@H](C=C(C)C)O[C@@H](C(=O)OC)c1ccccc1. The van der Waals surface area contributed by atoms with Crippen LogP contribution in [0.2, 0.25) is 0 Å². The van der Waals surface area contributed by atoms with Gasteiger partial charge in [0.2, 0.25) is 0 Å². The fourth-order valence-corrected chi connectivity index (χ4v) is 2.01. The number of unbranched alkanes of at least 4 members (excludes halogenated alkanes) is 2. The molecule has 0 unspecified atom stereocenters. The number of rotatable bonds is 7. The quantitative estimate of drug-likeness (QED) is 0.323. The zero-order valence-electron chi connectivity index (χ0n) is 14.5. The van der Waals surface area contributed by atoms with Crippen LogP contribution >= 0.6 is 0 Å². The molecule has 0 radical (unpaired) electrons. The van der Waals surface area contributed by atoms with E-state index >= 15 is 0 Å². The molecular weight excluding hydrogens is 288 g/mol. The fourth-order valence-electron chi connectivity index (χ4n) is 2.01. The van der Waals surface area contributed by atoms with Crippen LogP contribution in [0.3, 0.4) is 0 Å². The van der Waals surface area contributed by atoms with Crippen LogP contribution in [0.5, 0.6) is 0 Å². The Bertz CT molecular complexity index is 560. The molecule has 124 valence electrons. The lowest BCUT2D eigenvalue weighted by atomic mass is 10.1. The Labute approximate surface area is 139 Å². The van der Waals surface area contributed by atoms with E-state index in [1.165, 1.54) is 7.11 Å². The number of methoxy groups -OCH3 is 1. The molecule has 0 saturated carbocycles. The summed E-state index contributed by atoms with van der Waals surface area (Å²) < 4.78 is 10.8. The van der Waals surface area contributed by atoms with Crippen molar-refractivity contribution >= 4 is 5.97 Å². The molecule has 0 spiro atoms. The monoisotopic (exact) mass is 314 g/mol. The van der Waals surface area contributed by atoms with E-state index in [0.29, 0.717) is 0 Å². The Kier molecular flexibility index (Phi) is 8.79. The van der Waals surface area contributed by atoms with Gasteiger partial charge >= 0.3 is 5.97 Å². The summed E-state index contributed by atoms with van der Waals surface area (Å²) in [5.74, 6) is 5.82. The number of hydrogen-bond acceptors (Lipinski definition) is 3. The molecule has 0 aliphatic carbocycles. The van der Waals surface area contributed by atoms with Gasteiger partial charge in [0, 0.05) is 6.42 Å². The highest BCUT2D eigenvalue weighted by Gasteiger charge is 2.24. The smallest absolute Gasteiger partial charge is 0.339 e. The van der Waals surface area contributed by atoms with Gasteiger partial charge in [-0.2, -0.15) is 0 Å². The van der Waals surface area contributed by atoms with E-state index in [1.54, 1.807) is 0 Å². The Morgan fingerprint density at radius 3 is 2.52 bits per heavy atom. The summed E-state index contributed by atoms with van der Waals surface area (Å²) in [5.41, 5.74) is 1.86. The lowest BCUT2D eigenvalue weighted by Gasteiger charge is -2.19. The standard InChI is InChI=1S/C20H26O3/c1-5-6-7-11-14-18(15-16(2)3)23-19(20(21)22-4)17-12-9-8-10-13-17/h8-10,12-13,15,18-19H,5-7H2,1-4H3/t18-,19+/m0/s1. The number of carbonyl (C=O) groups excluding carboxylic acids is 1. The minimum Gasteiger partial charge on any atom is -0.467 e. The summed E-state index contributed by atoms with van der Waals surface area (Å²) in [5, 5.41) is 0. The topological polar surface area (TPSA) is 35.5 Å². The van der Waals surface area contributed by atoms with Gasteiger partial charge in [-0.15, -0.1) is 5.92 Å². The molecule has 0 aromatic heterocycles. The summed E-state index contributed by atoms with van der Waals surface area (Å²) in [6, 6.07) is 9.35. The lowest BCUT2D eigenvalue weighted by Crippen LogP contribution is -2.22. The van der Waals surface area contributed by atoms with Gasteiger partial charge < -0.3 is 9.47 Å². The first kappa shape index (κ1) is 19.0. The van der Waals surface area contributed by atoms with Crippen LogP contribution in [0.25, 0.3) is 0 Å². The molecule has 0 heterocycles. The molecule has 2 atom stereocenters. The molecule has 3 heteroatoms. The van der Waals surface area contributed by atoms with Crippen molar-refractivity contribution in [1.82, 2.24) is 0 Å². The molecule has 3 nitrogen and oxygen atoms in total. The van der Waals surface area contributed by atoms with Crippen molar-refractivity contribution in [3.63, 3.8) is 0 Å². The van der Waals surface area contributed by atoms with Crippen LogP contribution in [-0.4, -0.2) is 19.2 Å². The van der Waals surface area contributed by atoms with Crippen LogP contribution in [0.1, 0.15) is 51.7 Å². The summed E-state index contributed by atoms with van der Waals surface area (Å²) in [7, 11) is 1.37. The summed E-state index contributed by atoms with van der Waals surface area (Å²) >= 11 is 0. The molecule has 0 bridgehead atoms. The van der Waals surface area contributed by atoms with Crippen LogP contribution in [-0.2, 0) is 14.3 Å². The van der Waals surface area contributed by atoms with Crippen LogP contribution in [0.4, 0.5) is 0 Å². The molecule has 1 aromatic rings. The van der Waals surface area contributed by atoms with Crippen molar-refractivity contribution in [3.05, 3.63) is 47.5 Å². The Hall–Kier alpha value is -2.05. The first-order chi connectivity index (χ1) is 11.1. The molecular formula is C20H26O3. The number of carbonyl (C=O) groups is 1. The number of hydrogen-bond donors (Lipinski definition) is 0. The molecule has 0 aliphatic rings. The highest BCUT2D eigenvalue weighted by molar-refractivity contribution is 5.76. The number of ether oxygens (including phenoxy) is 2. The largest absolute Gasteiger partial charge is 0.467 e. The second-order valence-corrected chi connectivity index (χ2v) is 5.54. The molecule has 23 heavy (non-hydrogen) atoms. The fraction of sp³-hybridized carbons (Fsp3) is 0.450. The highest BCUT2D eigenvalue weighted by Crippen LogP contribution is 2.21. The van der Waals surface area contributed by atoms with Gasteiger partial charge in [-0.3, -0.25) is 0 Å². The van der Waals surface area contributed by atoms with Gasteiger partial charge in [0.25, 0.3) is 0 Å². The van der Waals surface area contributed by atoms with Gasteiger partial charge in [-0.1, -0.05) is 55.2 Å². The van der Waals surface area contributed by atoms with E-state index in [-0.39, 0.29) is 0 Å². The average molecular weight is 314 g/mol. The van der Waals surface area contributed by atoms with Gasteiger partial charge in [-0.25, -0.2) is 4.79 Å². The molecule has 1 rings (SSSR count). The van der Waals surface area contributed by atoms with Crippen LogP contribution in [0, 0.1) is 11.8 Å². The second-order valence-electron chi connectivity index (χ2n) is 5.54. The third kappa shape index (κ3) is 7.17. The van der Waals surface area contributed by atoms with Crippen molar-refractivity contribution in [2.45, 2.75) is 52.2 Å². The first-order valence-electron chi connectivity index (χ1n) is 8.00. The first-order valence-corrected chi connectivity index (χ1v) is 8.00. The van der Waals surface area contributed by atoms with Crippen molar-refractivity contribution in [2.24, 2.45) is 0 Å². The third-order valence-corrected chi connectivity index (χ3v) is 3.18. The summed E-state index contributed by atoms with van der Waals surface area (Å²) in [4.78, 5) is 12.1. The predicted molar refractivity (Wildman–Crippen MR) is 92.8 cm³/mol. The highest BCUT2D eigenvalue weighted by atomic mass is 16.6. The second kappa shape index (κ2) is 10.6. The average Bonchev–Trinajstić information content (AvgIpc) is 2.55. The van der Waals surface area contributed by atoms with Crippen molar-refractivity contribution in [3.8, 4) is 11.8 Å². The summed E-state index contributed by atoms with van der Waals surface area (Å²) in [6.07, 6.45) is 3.73. The van der Waals surface area contributed by atoms with Gasteiger partial charge in [-0.05, 0) is 31.9 Å². The number of benzene rings is 1. The maximum absolute atomic E-state index is 12.1. The van der Waals surface area contributed by atoms with Gasteiger partial charge in [0.1, 0.15) is 6.10 Å². The zero-order chi connectivity index (χ0) is 17.1. The Morgan fingerprint density at radius 2 is 1.96 bits per heavy atom. The molecule has 0 aliphatic heterocycles. The third-order valence-electron chi connectivity index (χ3n) is 3.18. The minimum absolute atomic E-state index is 0.418. The number of allylic oxidation sites excluding steroid dienone is 1. The molecule has 0 saturated heterocycles. The van der Waals surface area contributed by atoms with Crippen molar-refractivity contribution in [2.75, 3.05) is 7.11 Å². The minimum atomic E-state index is -0.776. The zero-order valence-corrected chi connectivity index (χ0v) is 14.5. The van der Waals surface area contributed by atoms with E-state index < -0.39 is 18.2 Å². The van der Waals surface area contributed by atoms with Crippen LogP contribution in [0.15, 0.2) is 42.0 Å². The Balaban J connectivity index is 2.96. The van der Waals surface area contributed by atoms with E-state index in [4.69, 9.17) is 9.47 Å². The molecule has 0 amide bonds. The van der Waals surface area contributed by atoms with E-state index in [0.717, 1.165) is 30.4 Å². The molecule has 1 aromatic carbocycles. The lowest BCUT2D eigenvalue weighted by molar-refractivity contribution is -0.155. The van der Waals surface area contributed by atoms with Crippen LogP contribution < -0.4 is 0 Å². The molecule has 0 N–H and O–H groups in total. The predicted octanol–water partition coefficient (Wildman–Crippen LogP) is 4.45. The Morgan fingerprint density at radius 1 is 1.26 bits per heavy atom. The van der Waals surface area contributed by atoms with Gasteiger partial charge in [0.15, 0.2) is 6.10 Å². The van der Waals surface area contributed by atoms with Crippen molar-refractivity contribution in [1.29, 1.82) is 0 Å².